The van der Waals surface area contributed by atoms with Crippen LogP contribution in [-0.2, 0) is 24.3 Å². The lowest BCUT2D eigenvalue weighted by Gasteiger charge is -2.36. The number of hydrogen-bond donors (Lipinski definition) is 1. The first-order chi connectivity index (χ1) is 17.2. The van der Waals surface area contributed by atoms with Crippen LogP contribution in [-0.4, -0.2) is 45.3 Å². The molecule has 1 aliphatic heterocycles. The quantitative estimate of drug-likeness (QED) is 0.456. The van der Waals surface area contributed by atoms with Crippen molar-refractivity contribution in [1.82, 2.24) is 0 Å². The highest BCUT2D eigenvalue weighted by Crippen LogP contribution is 2.40. The zero-order valence-corrected chi connectivity index (χ0v) is 22.8. The normalized spacial score (nSPS) is 16.3. The van der Waals surface area contributed by atoms with E-state index < -0.39 is 45.5 Å². The van der Waals surface area contributed by atoms with E-state index in [1.807, 2.05) is 0 Å². The van der Waals surface area contributed by atoms with Gasteiger partial charge in [0.1, 0.15) is 23.3 Å². The maximum atomic E-state index is 13.7. The number of nitrogens with zero attached hydrogens (tertiary/aromatic N) is 1. The zero-order valence-electron chi connectivity index (χ0n) is 21.2. The van der Waals surface area contributed by atoms with Gasteiger partial charge in [0, 0.05) is 5.69 Å². The predicted molar refractivity (Wildman–Crippen MR) is 137 cm³/mol. The molecular formula is C25H30ClFN2O7S. The Labute approximate surface area is 220 Å². The Morgan fingerprint density at radius 3 is 2.57 bits per heavy atom. The standard InChI is InChI=1S/C25H30ClFN2O7S/c1-6-34-23(30)15(2)11-17-14-29(37(32,33)18-8-9-20(27)19(26)13-18)21-12-16(7-10-22(21)35-17)28-24(31)36-25(3,4)5/h7-10,12-13,15,17H,6,11,14H2,1-5H3,(H,28,31)/t15-,17+/m1/s1. The minimum Gasteiger partial charge on any atom is -0.486 e. The lowest BCUT2D eigenvalue weighted by molar-refractivity contribution is -0.148. The third-order valence-corrected chi connectivity index (χ3v) is 7.39. The van der Waals surface area contributed by atoms with Gasteiger partial charge in [0.2, 0.25) is 0 Å². The van der Waals surface area contributed by atoms with E-state index in [0.29, 0.717) is 0 Å². The Bertz CT molecular complexity index is 1280. The van der Waals surface area contributed by atoms with Crippen molar-refractivity contribution < 1.29 is 36.6 Å². The molecule has 1 amide bonds. The fraction of sp³-hybridized carbons (Fsp3) is 0.440. The van der Waals surface area contributed by atoms with Gasteiger partial charge in [-0.05, 0) is 70.5 Å². The number of ether oxygens (including phenoxy) is 3. The summed E-state index contributed by atoms with van der Waals surface area (Å²) in [5.41, 5.74) is -0.317. The Kier molecular flexibility index (Phi) is 8.59. The molecule has 3 rings (SSSR count). The molecule has 0 unspecified atom stereocenters. The van der Waals surface area contributed by atoms with E-state index in [1.54, 1.807) is 40.7 Å². The van der Waals surface area contributed by atoms with Crippen molar-refractivity contribution in [2.45, 2.75) is 57.6 Å². The van der Waals surface area contributed by atoms with Gasteiger partial charge in [-0.15, -0.1) is 0 Å². The van der Waals surface area contributed by atoms with Gasteiger partial charge >= 0.3 is 12.1 Å². The molecule has 2 atom stereocenters. The fourth-order valence-corrected chi connectivity index (χ4v) is 5.47. The van der Waals surface area contributed by atoms with Crippen molar-refractivity contribution in [3.63, 3.8) is 0 Å². The van der Waals surface area contributed by atoms with Crippen LogP contribution in [0.15, 0.2) is 41.3 Å². The van der Waals surface area contributed by atoms with Gasteiger partial charge in [-0.25, -0.2) is 17.6 Å². The van der Waals surface area contributed by atoms with E-state index in [9.17, 15) is 22.4 Å². The highest BCUT2D eigenvalue weighted by Gasteiger charge is 2.36. The van der Waals surface area contributed by atoms with E-state index >= 15 is 0 Å². The van der Waals surface area contributed by atoms with Gasteiger partial charge in [0.15, 0.2) is 0 Å². The Hall–Kier alpha value is -3.05. The second kappa shape index (κ2) is 11.1. The number of anilines is 2. The van der Waals surface area contributed by atoms with Crippen LogP contribution in [0.5, 0.6) is 5.75 Å². The molecule has 0 radical (unpaired) electrons. The highest BCUT2D eigenvalue weighted by molar-refractivity contribution is 7.92. The molecule has 0 saturated carbocycles. The van der Waals surface area contributed by atoms with Gasteiger partial charge in [0.25, 0.3) is 10.0 Å². The topological polar surface area (TPSA) is 111 Å². The molecule has 0 spiro atoms. The van der Waals surface area contributed by atoms with E-state index in [2.05, 4.69) is 5.32 Å². The van der Waals surface area contributed by atoms with Gasteiger partial charge in [0.05, 0.1) is 34.7 Å². The number of carbonyl (C=O) groups is 2. The smallest absolute Gasteiger partial charge is 0.412 e. The van der Waals surface area contributed by atoms with Crippen LogP contribution in [0.2, 0.25) is 5.02 Å². The van der Waals surface area contributed by atoms with Crippen LogP contribution in [0.25, 0.3) is 0 Å². The molecule has 1 aliphatic rings. The number of nitrogens with one attached hydrogen (secondary N) is 1. The number of hydrogen-bond acceptors (Lipinski definition) is 7. The Morgan fingerprint density at radius 2 is 1.95 bits per heavy atom. The summed E-state index contributed by atoms with van der Waals surface area (Å²) in [6, 6.07) is 7.61. The lowest BCUT2D eigenvalue weighted by atomic mass is 10.0. The number of carbonyl (C=O) groups excluding carboxylic acids is 2. The molecule has 202 valence electrons. The number of amides is 1. The van der Waals surface area contributed by atoms with Crippen LogP contribution in [0, 0.1) is 11.7 Å². The fourth-order valence-electron chi connectivity index (χ4n) is 3.70. The summed E-state index contributed by atoms with van der Waals surface area (Å²) in [5.74, 6) is -1.51. The molecule has 0 aromatic heterocycles. The molecule has 0 aliphatic carbocycles. The molecule has 2 aromatic rings. The summed E-state index contributed by atoms with van der Waals surface area (Å²) in [4.78, 5) is 24.2. The van der Waals surface area contributed by atoms with E-state index in [4.69, 9.17) is 25.8 Å². The SMILES string of the molecule is CCOC(=O)[C@H](C)C[C@H]1CN(S(=O)(=O)c2ccc(F)c(Cl)c2)c2cc(NC(=O)OC(C)(C)C)ccc2O1. The molecule has 12 heteroatoms. The number of sulfonamides is 1. The predicted octanol–water partition coefficient (Wildman–Crippen LogP) is 5.37. The molecule has 0 fully saturated rings. The molecule has 9 nitrogen and oxygen atoms in total. The second-order valence-electron chi connectivity index (χ2n) is 9.55. The van der Waals surface area contributed by atoms with Crippen molar-refractivity contribution in [2.75, 3.05) is 22.8 Å². The maximum Gasteiger partial charge on any atom is 0.412 e. The number of halogens is 2. The summed E-state index contributed by atoms with van der Waals surface area (Å²) in [6.07, 6.45) is -1.22. The number of benzene rings is 2. The second-order valence-corrected chi connectivity index (χ2v) is 11.8. The third kappa shape index (κ3) is 7.04. The summed E-state index contributed by atoms with van der Waals surface area (Å²) in [5, 5.41) is 2.23. The first-order valence-electron chi connectivity index (χ1n) is 11.7. The minimum absolute atomic E-state index is 0.147. The Balaban J connectivity index is 1.99. The van der Waals surface area contributed by atoms with Crippen LogP contribution < -0.4 is 14.4 Å². The third-order valence-electron chi connectivity index (χ3n) is 5.32. The number of fused-ring (bicyclic) bond motifs is 1. The summed E-state index contributed by atoms with van der Waals surface area (Å²) in [6.45, 7) is 8.58. The van der Waals surface area contributed by atoms with Crippen LogP contribution in [0.4, 0.5) is 20.6 Å². The Morgan fingerprint density at radius 1 is 1.24 bits per heavy atom. The summed E-state index contributed by atoms with van der Waals surface area (Å²) < 4.78 is 58.6. The van der Waals surface area contributed by atoms with E-state index in [-0.39, 0.29) is 46.6 Å². The van der Waals surface area contributed by atoms with E-state index in [1.165, 1.54) is 12.1 Å². The van der Waals surface area contributed by atoms with Crippen molar-refractivity contribution in [3.8, 4) is 5.75 Å². The van der Waals surface area contributed by atoms with Crippen molar-refractivity contribution in [1.29, 1.82) is 0 Å². The highest BCUT2D eigenvalue weighted by atomic mass is 35.5. The lowest BCUT2D eigenvalue weighted by Crippen LogP contribution is -2.44. The molecule has 2 aromatic carbocycles. The van der Waals surface area contributed by atoms with Crippen molar-refractivity contribution >= 4 is 45.1 Å². The monoisotopic (exact) mass is 556 g/mol. The molecule has 0 bridgehead atoms. The van der Waals surface area contributed by atoms with Crippen molar-refractivity contribution in [3.05, 3.63) is 47.2 Å². The average molecular weight is 557 g/mol. The van der Waals surface area contributed by atoms with Crippen LogP contribution in [0.1, 0.15) is 41.0 Å². The molecule has 0 saturated heterocycles. The largest absolute Gasteiger partial charge is 0.486 e. The summed E-state index contributed by atoms with van der Waals surface area (Å²) in [7, 11) is -4.25. The van der Waals surface area contributed by atoms with Crippen molar-refractivity contribution in [2.24, 2.45) is 5.92 Å². The minimum atomic E-state index is -4.25. The zero-order chi connectivity index (χ0) is 27.5. The number of esters is 1. The summed E-state index contributed by atoms with van der Waals surface area (Å²) >= 11 is 5.86. The average Bonchev–Trinajstić information content (AvgIpc) is 2.79. The van der Waals surface area contributed by atoms with Gasteiger partial charge in [-0.3, -0.25) is 14.4 Å². The van der Waals surface area contributed by atoms with E-state index in [0.717, 1.165) is 22.5 Å². The van der Waals surface area contributed by atoms with Crippen LogP contribution in [0.3, 0.4) is 0 Å². The molecule has 37 heavy (non-hydrogen) atoms. The number of rotatable bonds is 7. The van der Waals surface area contributed by atoms with Gasteiger partial charge in [-0.2, -0.15) is 0 Å². The maximum absolute atomic E-state index is 13.7. The van der Waals surface area contributed by atoms with Gasteiger partial charge < -0.3 is 14.2 Å². The first kappa shape index (κ1) is 28.5. The van der Waals surface area contributed by atoms with Gasteiger partial charge in [-0.1, -0.05) is 18.5 Å². The molecular weight excluding hydrogens is 527 g/mol. The van der Waals surface area contributed by atoms with Crippen LogP contribution >= 0.6 is 11.6 Å². The molecule has 1 heterocycles. The molecule has 1 N–H and O–H groups in total. The first-order valence-corrected chi connectivity index (χ1v) is 13.5.